The van der Waals surface area contributed by atoms with Crippen molar-refractivity contribution in [2.75, 3.05) is 0 Å². The van der Waals surface area contributed by atoms with Gasteiger partial charge in [0, 0.05) is 11.8 Å². The van der Waals surface area contributed by atoms with Gasteiger partial charge in [0.15, 0.2) is 0 Å². The number of hydrogen-bond acceptors (Lipinski definition) is 4. The second kappa shape index (κ2) is 5.64. The van der Waals surface area contributed by atoms with Gasteiger partial charge in [-0.3, -0.25) is 0 Å². The summed E-state index contributed by atoms with van der Waals surface area (Å²) in [5.74, 6) is 1.96. The van der Waals surface area contributed by atoms with Crippen LogP contribution in [0.25, 0.3) is 22.1 Å². The first-order chi connectivity index (χ1) is 11.7. The lowest BCUT2D eigenvalue weighted by atomic mass is 10.1. The minimum atomic E-state index is 0.469. The first-order valence-corrected chi connectivity index (χ1v) is 8.09. The largest absolute Gasteiger partial charge is 0.449 e. The molecule has 4 heteroatoms. The maximum Gasteiger partial charge on any atom is 0.267 e. The van der Waals surface area contributed by atoms with Crippen LogP contribution >= 0.6 is 0 Å². The summed E-state index contributed by atoms with van der Waals surface area (Å²) in [6.45, 7) is 6.18. The molecule has 0 aliphatic rings. The molecule has 0 aliphatic carbocycles. The summed E-state index contributed by atoms with van der Waals surface area (Å²) in [7, 11) is 0. The lowest BCUT2D eigenvalue weighted by Crippen LogP contribution is -1.97. The summed E-state index contributed by atoms with van der Waals surface area (Å²) in [4.78, 5) is 9.17. The molecule has 2 aromatic carbocycles. The molecule has 0 aliphatic heterocycles. The van der Waals surface area contributed by atoms with Crippen molar-refractivity contribution < 1.29 is 9.15 Å². The van der Waals surface area contributed by atoms with Crippen molar-refractivity contribution in [3.8, 4) is 11.6 Å². The Bertz CT molecular complexity index is 1050. The predicted molar refractivity (Wildman–Crippen MR) is 94.7 cm³/mol. The van der Waals surface area contributed by atoms with Gasteiger partial charge >= 0.3 is 0 Å². The minimum Gasteiger partial charge on any atom is -0.449 e. The number of aromatic nitrogens is 2. The van der Waals surface area contributed by atoms with Crippen molar-refractivity contribution in [3.63, 3.8) is 0 Å². The third-order valence-electron chi connectivity index (χ3n) is 4.24. The van der Waals surface area contributed by atoms with E-state index >= 15 is 0 Å². The molecule has 0 unspecified atom stereocenters. The topological polar surface area (TPSA) is 48.2 Å². The van der Waals surface area contributed by atoms with E-state index in [4.69, 9.17) is 9.15 Å². The van der Waals surface area contributed by atoms with Gasteiger partial charge in [-0.25, -0.2) is 4.98 Å². The number of aryl methyl sites for hydroxylation is 3. The molecule has 0 radical (unpaired) electrons. The van der Waals surface area contributed by atoms with Crippen molar-refractivity contribution in [1.82, 2.24) is 9.97 Å². The van der Waals surface area contributed by atoms with Gasteiger partial charge in [0.2, 0.25) is 5.58 Å². The molecule has 0 atom stereocenters. The highest BCUT2D eigenvalue weighted by Gasteiger charge is 2.17. The Morgan fingerprint density at radius 3 is 2.62 bits per heavy atom. The van der Waals surface area contributed by atoms with E-state index < -0.39 is 0 Å². The number of furan rings is 1. The molecule has 0 fully saturated rings. The number of rotatable bonds is 3. The average Bonchev–Trinajstić information content (AvgIpc) is 2.97. The van der Waals surface area contributed by atoms with E-state index in [9.17, 15) is 0 Å². The predicted octanol–water partition coefficient (Wildman–Crippen LogP) is 5.35. The zero-order chi connectivity index (χ0) is 16.7. The second-order valence-electron chi connectivity index (χ2n) is 5.92. The van der Waals surface area contributed by atoms with Gasteiger partial charge < -0.3 is 9.15 Å². The molecule has 24 heavy (non-hydrogen) atoms. The van der Waals surface area contributed by atoms with E-state index in [1.165, 1.54) is 11.1 Å². The van der Waals surface area contributed by atoms with E-state index in [0.29, 0.717) is 11.5 Å². The Hall–Kier alpha value is -2.88. The van der Waals surface area contributed by atoms with Crippen molar-refractivity contribution in [2.24, 2.45) is 0 Å². The maximum atomic E-state index is 6.05. The SMILES string of the molecule is CCc1nc(Oc2ccc(C)c(C)c2)c2oc3ccccc3c2n1. The van der Waals surface area contributed by atoms with Crippen LogP contribution in [0.15, 0.2) is 46.9 Å². The molecule has 0 N–H and O–H groups in total. The van der Waals surface area contributed by atoms with Gasteiger partial charge in [-0.05, 0) is 49.2 Å². The summed E-state index contributed by atoms with van der Waals surface area (Å²) in [5.41, 5.74) is 4.59. The fourth-order valence-corrected chi connectivity index (χ4v) is 2.73. The normalized spacial score (nSPS) is 11.3. The number of benzene rings is 2. The Morgan fingerprint density at radius 2 is 1.83 bits per heavy atom. The molecule has 2 aromatic heterocycles. The van der Waals surface area contributed by atoms with E-state index in [1.807, 2.05) is 49.4 Å². The molecule has 4 aromatic rings. The number of nitrogens with zero attached hydrogens (tertiary/aromatic N) is 2. The highest BCUT2D eigenvalue weighted by Crippen LogP contribution is 2.34. The Morgan fingerprint density at radius 1 is 1.00 bits per heavy atom. The Balaban J connectivity index is 1.91. The van der Waals surface area contributed by atoms with Gasteiger partial charge in [0.1, 0.15) is 22.7 Å². The number of fused-ring (bicyclic) bond motifs is 3. The van der Waals surface area contributed by atoms with E-state index in [0.717, 1.165) is 34.5 Å². The lowest BCUT2D eigenvalue weighted by molar-refractivity contribution is 0.453. The van der Waals surface area contributed by atoms with Crippen molar-refractivity contribution in [2.45, 2.75) is 27.2 Å². The number of ether oxygens (including phenoxy) is 1. The zero-order valence-corrected chi connectivity index (χ0v) is 14.0. The summed E-state index contributed by atoms with van der Waals surface area (Å²) >= 11 is 0. The molecule has 4 rings (SSSR count). The van der Waals surface area contributed by atoms with Gasteiger partial charge in [0.25, 0.3) is 5.88 Å². The second-order valence-corrected chi connectivity index (χ2v) is 5.92. The third kappa shape index (κ3) is 2.40. The van der Waals surface area contributed by atoms with Crippen molar-refractivity contribution in [1.29, 1.82) is 0 Å². The summed E-state index contributed by atoms with van der Waals surface area (Å²) in [6.07, 6.45) is 0.735. The van der Waals surface area contributed by atoms with Gasteiger partial charge in [-0.15, -0.1) is 0 Å². The number of hydrogen-bond donors (Lipinski definition) is 0. The van der Waals surface area contributed by atoms with Crippen LogP contribution in [0, 0.1) is 13.8 Å². The summed E-state index contributed by atoms with van der Waals surface area (Å²) < 4.78 is 12.0. The first-order valence-electron chi connectivity index (χ1n) is 8.09. The minimum absolute atomic E-state index is 0.469. The van der Waals surface area contributed by atoms with Gasteiger partial charge in [-0.1, -0.05) is 25.1 Å². The smallest absolute Gasteiger partial charge is 0.267 e. The van der Waals surface area contributed by atoms with Gasteiger partial charge in [0.05, 0.1) is 0 Å². The van der Waals surface area contributed by atoms with E-state index in [2.05, 4.69) is 23.8 Å². The van der Waals surface area contributed by atoms with Crippen LogP contribution in [0.4, 0.5) is 0 Å². The summed E-state index contributed by atoms with van der Waals surface area (Å²) in [5, 5.41) is 0.981. The monoisotopic (exact) mass is 318 g/mol. The molecule has 120 valence electrons. The van der Waals surface area contributed by atoms with Crippen molar-refractivity contribution in [3.05, 3.63) is 59.4 Å². The summed E-state index contributed by atoms with van der Waals surface area (Å²) in [6, 6.07) is 13.9. The molecule has 0 saturated carbocycles. The van der Waals surface area contributed by atoms with Crippen LogP contribution in [0.5, 0.6) is 11.6 Å². The van der Waals surface area contributed by atoms with Crippen LogP contribution in [-0.2, 0) is 6.42 Å². The van der Waals surface area contributed by atoms with Crippen LogP contribution in [-0.4, -0.2) is 9.97 Å². The quantitative estimate of drug-likeness (QED) is 0.511. The molecular weight excluding hydrogens is 300 g/mol. The van der Waals surface area contributed by atoms with Crippen LogP contribution in [0.3, 0.4) is 0 Å². The van der Waals surface area contributed by atoms with E-state index in [1.54, 1.807) is 0 Å². The maximum absolute atomic E-state index is 6.05. The molecule has 4 nitrogen and oxygen atoms in total. The highest BCUT2D eigenvalue weighted by molar-refractivity contribution is 6.03. The first kappa shape index (κ1) is 14.7. The lowest BCUT2D eigenvalue weighted by Gasteiger charge is -2.08. The standard InChI is InChI=1S/C20H18N2O2/c1-4-17-21-18-15-7-5-6-8-16(15)24-19(18)20(22-17)23-14-10-9-12(2)13(3)11-14/h5-11H,4H2,1-3H3. The molecule has 2 heterocycles. The number of para-hydroxylation sites is 1. The Labute approximate surface area is 140 Å². The molecule has 0 saturated heterocycles. The fourth-order valence-electron chi connectivity index (χ4n) is 2.73. The molecule has 0 spiro atoms. The molecule has 0 bridgehead atoms. The fraction of sp³-hybridized carbons (Fsp3) is 0.200. The zero-order valence-electron chi connectivity index (χ0n) is 14.0. The molecule has 0 amide bonds. The van der Waals surface area contributed by atoms with Crippen LogP contribution < -0.4 is 4.74 Å². The highest BCUT2D eigenvalue weighted by atomic mass is 16.5. The van der Waals surface area contributed by atoms with Crippen molar-refractivity contribution >= 4 is 22.1 Å². The Kier molecular flexibility index (Phi) is 3.45. The van der Waals surface area contributed by atoms with Gasteiger partial charge in [-0.2, -0.15) is 4.98 Å². The third-order valence-corrected chi connectivity index (χ3v) is 4.24. The average molecular weight is 318 g/mol. The molecular formula is C20H18N2O2. The van der Waals surface area contributed by atoms with E-state index in [-0.39, 0.29) is 0 Å². The van der Waals surface area contributed by atoms with Crippen LogP contribution in [0.2, 0.25) is 0 Å². The van der Waals surface area contributed by atoms with Crippen LogP contribution in [0.1, 0.15) is 23.9 Å².